The molecule has 0 aromatic carbocycles. The molecule has 0 saturated carbocycles. The van der Waals surface area contributed by atoms with Crippen LogP contribution in [0.15, 0.2) is 0 Å². The molecule has 0 unspecified atom stereocenters. The van der Waals surface area contributed by atoms with Crippen molar-refractivity contribution in [3.63, 3.8) is 0 Å². The van der Waals surface area contributed by atoms with Gasteiger partial charge in [-0.1, -0.05) is 51.9 Å². The van der Waals surface area contributed by atoms with Crippen LogP contribution in [0.5, 0.6) is 0 Å². The number of hydrogen-bond donors (Lipinski definition) is 3. The first-order valence-corrected chi connectivity index (χ1v) is 8.04. The molecule has 22 heavy (non-hydrogen) atoms. The lowest BCUT2D eigenvalue weighted by Gasteiger charge is -2.08. The van der Waals surface area contributed by atoms with Crippen molar-refractivity contribution in [1.82, 2.24) is 4.90 Å². The zero-order valence-corrected chi connectivity index (χ0v) is 14.8. The Bertz CT molecular complexity index is 242. The number of carboxylic acids is 2. The Hall–Kier alpha value is -1.14. The smallest absolute Gasteiger partial charge is 0.317 e. The number of carbonyl (C=O) groups is 2. The number of hydrogen-bond acceptors (Lipinski definition) is 4. The van der Waals surface area contributed by atoms with Gasteiger partial charge in [0.1, 0.15) is 0 Å². The third-order valence-corrected chi connectivity index (χ3v) is 2.63. The molecule has 0 rings (SSSR count). The second-order valence-corrected chi connectivity index (χ2v) is 5.40. The molecule has 0 heterocycles. The molecule has 0 radical (unpaired) electrons. The Labute approximate surface area is 135 Å². The largest absolute Gasteiger partial charge is 0.481 e. The van der Waals surface area contributed by atoms with Crippen molar-refractivity contribution in [2.45, 2.75) is 65.2 Å². The molecule has 6 nitrogen and oxygen atoms in total. The monoisotopic (exact) mass is 320 g/mol. The fourth-order valence-corrected chi connectivity index (χ4v) is 1.56. The summed E-state index contributed by atoms with van der Waals surface area (Å²) in [6.07, 6.45) is 11.4. The highest BCUT2D eigenvalue weighted by molar-refractivity contribution is 5.68. The van der Waals surface area contributed by atoms with Crippen LogP contribution in [0.1, 0.15) is 65.2 Å². The average Bonchev–Trinajstić information content (AvgIpc) is 2.41. The molecule has 4 N–H and O–H groups in total. The van der Waals surface area contributed by atoms with E-state index in [1.165, 1.54) is 57.9 Å². The molecular weight excluding hydrogens is 284 g/mol. The lowest BCUT2D eigenvalue weighted by Crippen LogP contribution is -2.12. The van der Waals surface area contributed by atoms with E-state index in [1.807, 2.05) is 0 Å². The summed E-state index contributed by atoms with van der Waals surface area (Å²) in [7, 11) is 4.31. The minimum atomic E-state index is -0.968. The third kappa shape index (κ3) is 51.0. The van der Waals surface area contributed by atoms with Crippen LogP contribution in [0.3, 0.4) is 0 Å². The zero-order valence-electron chi connectivity index (χ0n) is 14.8. The second-order valence-electron chi connectivity index (χ2n) is 5.40. The van der Waals surface area contributed by atoms with E-state index in [4.69, 9.17) is 15.0 Å². The van der Waals surface area contributed by atoms with E-state index in [-0.39, 0.29) is 6.54 Å². The number of aliphatic carboxylic acids is 2. The van der Waals surface area contributed by atoms with Crippen LogP contribution in [0.4, 0.5) is 0 Å². The number of carboxylic acid groups (broad SMARTS) is 2. The summed E-state index contributed by atoms with van der Waals surface area (Å²) in [5.74, 6) is -1.80. The van der Waals surface area contributed by atoms with E-state index in [1.54, 1.807) is 0 Å². The topological polar surface area (TPSA) is 104 Å². The van der Waals surface area contributed by atoms with Gasteiger partial charge in [-0.2, -0.15) is 0 Å². The van der Waals surface area contributed by atoms with E-state index in [0.717, 1.165) is 6.92 Å². The van der Waals surface area contributed by atoms with Crippen LogP contribution in [0.2, 0.25) is 0 Å². The van der Waals surface area contributed by atoms with Crippen molar-refractivity contribution in [3.05, 3.63) is 0 Å². The first-order valence-electron chi connectivity index (χ1n) is 8.04. The van der Waals surface area contributed by atoms with Crippen molar-refractivity contribution in [3.8, 4) is 0 Å². The van der Waals surface area contributed by atoms with Crippen LogP contribution < -0.4 is 5.73 Å². The molecule has 0 amide bonds. The van der Waals surface area contributed by atoms with E-state index in [0.29, 0.717) is 0 Å². The van der Waals surface area contributed by atoms with Gasteiger partial charge in [0.25, 0.3) is 5.97 Å². The summed E-state index contributed by atoms with van der Waals surface area (Å²) in [6.45, 7) is 4.34. The van der Waals surface area contributed by atoms with Crippen molar-refractivity contribution >= 4 is 11.9 Å². The van der Waals surface area contributed by atoms with Gasteiger partial charge in [-0.15, -0.1) is 0 Å². The molecular formula is C16H36N2O4. The van der Waals surface area contributed by atoms with Crippen LogP contribution in [0.25, 0.3) is 0 Å². The fraction of sp³-hybridized carbons (Fsp3) is 0.875. The summed E-state index contributed by atoms with van der Waals surface area (Å²) in [4.78, 5) is 20.5. The molecule has 0 fully saturated rings. The molecule has 6 heteroatoms. The van der Waals surface area contributed by atoms with E-state index in [9.17, 15) is 4.79 Å². The van der Waals surface area contributed by atoms with Gasteiger partial charge in [-0.05, 0) is 27.1 Å². The predicted octanol–water partition coefficient (Wildman–Crippen LogP) is 2.81. The molecule has 0 saturated heterocycles. The Kier molecular flexibility index (Phi) is 26.0. The lowest BCUT2D eigenvalue weighted by atomic mass is 10.1. The first-order chi connectivity index (χ1) is 10.3. The summed E-state index contributed by atoms with van der Waals surface area (Å²) in [5, 5.41) is 15.0. The predicted molar refractivity (Wildman–Crippen MR) is 91.2 cm³/mol. The molecule has 0 aliphatic heterocycles. The third-order valence-electron chi connectivity index (χ3n) is 2.63. The SMILES string of the molecule is CC(=O)O.CCCCCCCCCCN(C)C.NCC(=O)O. The molecule has 0 aliphatic rings. The Morgan fingerprint density at radius 1 is 0.909 bits per heavy atom. The van der Waals surface area contributed by atoms with Crippen LogP contribution in [-0.2, 0) is 9.59 Å². The first kappa shape index (κ1) is 25.8. The molecule has 0 bridgehead atoms. The number of unbranched alkanes of at least 4 members (excludes halogenated alkanes) is 7. The summed E-state index contributed by atoms with van der Waals surface area (Å²) >= 11 is 0. The van der Waals surface area contributed by atoms with Gasteiger partial charge >= 0.3 is 5.97 Å². The highest BCUT2D eigenvalue weighted by atomic mass is 16.4. The summed E-state index contributed by atoms with van der Waals surface area (Å²) in [6, 6.07) is 0. The average molecular weight is 320 g/mol. The number of rotatable bonds is 10. The molecule has 0 atom stereocenters. The summed E-state index contributed by atoms with van der Waals surface area (Å²) < 4.78 is 0. The van der Waals surface area contributed by atoms with E-state index < -0.39 is 11.9 Å². The lowest BCUT2D eigenvalue weighted by molar-refractivity contribution is -0.136. The summed E-state index contributed by atoms with van der Waals surface area (Å²) in [5.41, 5.74) is 4.57. The van der Waals surface area contributed by atoms with E-state index in [2.05, 4.69) is 31.7 Å². The molecule has 0 aromatic heterocycles. The highest BCUT2D eigenvalue weighted by Gasteiger charge is 1.92. The van der Waals surface area contributed by atoms with Crippen LogP contribution >= 0.6 is 0 Å². The molecule has 0 spiro atoms. The van der Waals surface area contributed by atoms with Crippen molar-refractivity contribution in [1.29, 1.82) is 0 Å². The van der Waals surface area contributed by atoms with Gasteiger partial charge in [-0.25, -0.2) is 0 Å². The highest BCUT2D eigenvalue weighted by Crippen LogP contribution is 2.08. The maximum absolute atomic E-state index is 9.24. The zero-order chi connectivity index (χ0) is 17.8. The van der Waals surface area contributed by atoms with Gasteiger partial charge in [-0.3, -0.25) is 9.59 Å². The fourth-order valence-electron chi connectivity index (χ4n) is 1.56. The molecule has 134 valence electrons. The molecule has 0 aromatic rings. The quantitative estimate of drug-likeness (QED) is 0.535. The maximum atomic E-state index is 9.24. The van der Waals surface area contributed by atoms with Gasteiger partial charge in [0.15, 0.2) is 0 Å². The number of nitrogens with two attached hydrogens (primary N) is 1. The van der Waals surface area contributed by atoms with Crippen molar-refractivity contribution in [2.24, 2.45) is 5.73 Å². The van der Waals surface area contributed by atoms with Gasteiger partial charge in [0.2, 0.25) is 0 Å². The van der Waals surface area contributed by atoms with Gasteiger partial charge < -0.3 is 20.8 Å². The Morgan fingerprint density at radius 3 is 1.50 bits per heavy atom. The minimum absolute atomic E-state index is 0.278. The van der Waals surface area contributed by atoms with Gasteiger partial charge in [0, 0.05) is 6.92 Å². The van der Waals surface area contributed by atoms with E-state index >= 15 is 0 Å². The minimum Gasteiger partial charge on any atom is -0.481 e. The number of nitrogens with zero attached hydrogens (tertiary/aromatic N) is 1. The normalized spacial score (nSPS) is 9.36. The molecule has 0 aliphatic carbocycles. The van der Waals surface area contributed by atoms with Crippen LogP contribution in [-0.4, -0.2) is 54.2 Å². The maximum Gasteiger partial charge on any atom is 0.317 e. The van der Waals surface area contributed by atoms with Crippen LogP contribution in [0, 0.1) is 0 Å². The second kappa shape index (κ2) is 22.1. The van der Waals surface area contributed by atoms with Crippen molar-refractivity contribution < 1.29 is 19.8 Å². The van der Waals surface area contributed by atoms with Crippen molar-refractivity contribution in [2.75, 3.05) is 27.2 Å². The van der Waals surface area contributed by atoms with Gasteiger partial charge in [0.05, 0.1) is 6.54 Å². The Morgan fingerprint density at radius 2 is 1.23 bits per heavy atom. The Balaban J connectivity index is -0.000000330. The standard InChI is InChI=1S/C12H27N.C2H5NO2.C2H4O2/c1-4-5-6-7-8-9-10-11-12-13(2)3;3-1-2(4)5;1-2(3)4/h4-12H2,1-3H3;1,3H2,(H,4,5);1H3,(H,3,4).